The van der Waals surface area contributed by atoms with Gasteiger partial charge in [0.25, 0.3) is 0 Å². The molecule has 0 unspecified atom stereocenters. The van der Waals surface area contributed by atoms with Gasteiger partial charge in [-0.25, -0.2) is 0 Å². The van der Waals surface area contributed by atoms with Crippen LogP contribution in [0.3, 0.4) is 0 Å². The standard InChI is InChI=1S/C20H22ClNO2/c1-12-5-10-17-16(11-12)19(24-13(2)23)20(3,4)18(22-17)14-6-8-15(21)9-7-14/h5-11,18-19,22H,1-4H3/t18-,19-/m0/s1. The molecular weight excluding hydrogens is 322 g/mol. The summed E-state index contributed by atoms with van der Waals surface area (Å²) >= 11 is 6.03. The van der Waals surface area contributed by atoms with Gasteiger partial charge in [-0.1, -0.05) is 55.3 Å². The molecule has 0 radical (unpaired) electrons. The summed E-state index contributed by atoms with van der Waals surface area (Å²) in [4.78, 5) is 11.7. The molecular formula is C20H22ClNO2. The lowest BCUT2D eigenvalue weighted by molar-refractivity contribution is -0.154. The second kappa shape index (κ2) is 6.14. The Balaban J connectivity index is 2.11. The number of aryl methyl sites for hydroxylation is 1. The maximum atomic E-state index is 11.7. The Morgan fingerprint density at radius 1 is 1.17 bits per heavy atom. The van der Waals surface area contributed by atoms with E-state index in [-0.39, 0.29) is 23.5 Å². The van der Waals surface area contributed by atoms with Gasteiger partial charge in [0.05, 0.1) is 6.04 Å². The van der Waals surface area contributed by atoms with Crippen molar-refractivity contribution >= 4 is 23.3 Å². The average molecular weight is 344 g/mol. The smallest absolute Gasteiger partial charge is 0.303 e. The van der Waals surface area contributed by atoms with Crippen LogP contribution in [0, 0.1) is 12.3 Å². The molecule has 0 aromatic heterocycles. The van der Waals surface area contributed by atoms with E-state index in [2.05, 4.69) is 37.4 Å². The van der Waals surface area contributed by atoms with Gasteiger partial charge < -0.3 is 10.1 Å². The fourth-order valence-electron chi connectivity index (χ4n) is 3.47. The van der Waals surface area contributed by atoms with E-state index in [1.807, 2.05) is 31.2 Å². The Bertz CT molecular complexity index is 768. The molecule has 3 rings (SSSR count). The van der Waals surface area contributed by atoms with Crippen LogP contribution in [0.15, 0.2) is 42.5 Å². The van der Waals surface area contributed by atoms with Gasteiger partial charge in [-0.3, -0.25) is 4.79 Å². The second-order valence-corrected chi connectivity index (χ2v) is 7.47. The van der Waals surface area contributed by atoms with Crippen molar-refractivity contribution in [2.45, 2.75) is 39.8 Å². The number of halogens is 1. The summed E-state index contributed by atoms with van der Waals surface area (Å²) in [6.07, 6.45) is -0.313. The minimum absolute atomic E-state index is 0.00863. The first-order chi connectivity index (χ1) is 11.3. The summed E-state index contributed by atoms with van der Waals surface area (Å²) in [6.45, 7) is 7.75. The molecule has 2 aromatic carbocycles. The van der Waals surface area contributed by atoms with Gasteiger partial charge in [0.15, 0.2) is 0 Å². The topological polar surface area (TPSA) is 38.3 Å². The lowest BCUT2D eigenvalue weighted by Crippen LogP contribution is -2.40. The van der Waals surface area contributed by atoms with E-state index in [4.69, 9.17) is 16.3 Å². The van der Waals surface area contributed by atoms with E-state index >= 15 is 0 Å². The fourth-order valence-corrected chi connectivity index (χ4v) is 3.60. The molecule has 2 atom stereocenters. The quantitative estimate of drug-likeness (QED) is 0.737. The zero-order chi connectivity index (χ0) is 17.5. The summed E-state index contributed by atoms with van der Waals surface area (Å²) < 4.78 is 5.76. The van der Waals surface area contributed by atoms with Crippen LogP contribution in [-0.2, 0) is 9.53 Å². The van der Waals surface area contributed by atoms with E-state index in [9.17, 15) is 4.79 Å². The Kier molecular flexibility index (Phi) is 4.31. The van der Waals surface area contributed by atoms with E-state index in [0.29, 0.717) is 5.02 Å². The first-order valence-electron chi connectivity index (χ1n) is 8.09. The highest BCUT2D eigenvalue weighted by Gasteiger charge is 2.46. The summed E-state index contributed by atoms with van der Waals surface area (Å²) in [7, 11) is 0. The van der Waals surface area contributed by atoms with Gasteiger partial charge in [-0.2, -0.15) is 0 Å². The Labute approximate surface area is 148 Å². The van der Waals surface area contributed by atoms with Crippen molar-refractivity contribution in [1.29, 1.82) is 0 Å². The average Bonchev–Trinajstić information content (AvgIpc) is 2.51. The van der Waals surface area contributed by atoms with Gasteiger partial charge >= 0.3 is 5.97 Å². The molecule has 0 fully saturated rings. The predicted molar refractivity (Wildman–Crippen MR) is 97.3 cm³/mol. The number of fused-ring (bicyclic) bond motifs is 1. The minimum atomic E-state index is -0.319. The number of hydrogen-bond donors (Lipinski definition) is 1. The SMILES string of the molecule is CC(=O)O[C@H]1c2cc(C)ccc2N[C@@H](c2ccc(Cl)cc2)C1(C)C. The molecule has 0 aliphatic carbocycles. The zero-order valence-electron chi connectivity index (χ0n) is 14.4. The molecule has 4 heteroatoms. The van der Waals surface area contributed by atoms with Crippen LogP contribution in [0.25, 0.3) is 0 Å². The number of esters is 1. The molecule has 1 aliphatic heterocycles. The Morgan fingerprint density at radius 3 is 2.46 bits per heavy atom. The van der Waals surface area contributed by atoms with Gasteiger partial charge in [0.2, 0.25) is 0 Å². The highest BCUT2D eigenvalue weighted by atomic mass is 35.5. The second-order valence-electron chi connectivity index (χ2n) is 7.03. The van der Waals surface area contributed by atoms with Gasteiger partial charge in [0.1, 0.15) is 6.10 Å². The molecule has 126 valence electrons. The third-order valence-electron chi connectivity index (χ3n) is 4.70. The highest BCUT2D eigenvalue weighted by molar-refractivity contribution is 6.30. The van der Waals surface area contributed by atoms with Crippen LogP contribution in [0.2, 0.25) is 5.02 Å². The Hall–Kier alpha value is -2.00. The van der Waals surface area contributed by atoms with Gasteiger partial charge in [-0.05, 0) is 30.7 Å². The summed E-state index contributed by atoms with van der Waals surface area (Å²) in [5, 5.41) is 4.33. The molecule has 2 aromatic rings. The highest BCUT2D eigenvalue weighted by Crippen LogP contribution is 2.53. The molecule has 1 N–H and O–H groups in total. The van der Waals surface area contributed by atoms with Crippen molar-refractivity contribution < 1.29 is 9.53 Å². The number of ether oxygens (including phenoxy) is 1. The van der Waals surface area contributed by atoms with E-state index in [1.54, 1.807) is 0 Å². The lowest BCUT2D eigenvalue weighted by atomic mass is 9.70. The molecule has 3 nitrogen and oxygen atoms in total. The summed E-state index contributed by atoms with van der Waals surface area (Å²) in [5.74, 6) is -0.266. The van der Waals surface area contributed by atoms with Crippen molar-refractivity contribution in [2.75, 3.05) is 5.32 Å². The van der Waals surface area contributed by atoms with Crippen molar-refractivity contribution in [1.82, 2.24) is 0 Å². The fraction of sp³-hybridized carbons (Fsp3) is 0.350. The molecule has 0 amide bonds. The summed E-state index contributed by atoms with van der Waals surface area (Å²) in [6, 6.07) is 14.0. The Morgan fingerprint density at radius 2 is 1.83 bits per heavy atom. The van der Waals surface area contributed by atoms with Gasteiger partial charge in [-0.15, -0.1) is 0 Å². The largest absolute Gasteiger partial charge is 0.457 e. The number of carbonyl (C=O) groups is 1. The van der Waals surface area contributed by atoms with Crippen LogP contribution in [0.5, 0.6) is 0 Å². The first kappa shape index (κ1) is 16.8. The number of hydrogen-bond acceptors (Lipinski definition) is 3. The number of anilines is 1. The number of carbonyl (C=O) groups excluding carboxylic acids is 1. The maximum Gasteiger partial charge on any atom is 0.303 e. The van der Waals surface area contributed by atoms with Crippen LogP contribution >= 0.6 is 11.6 Å². The van der Waals surface area contributed by atoms with Crippen LogP contribution < -0.4 is 5.32 Å². The third kappa shape index (κ3) is 3.01. The molecule has 1 aliphatic rings. The van der Waals surface area contributed by atoms with E-state index in [1.165, 1.54) is 6.92 Å². The van der Waals surface area contributed by atoms with Crippen molar-refractivity contribution in [3.63, 3.8) is 0 Å². The van der Waals surface area contributed by atoms with E-state index in [0.717, 1.165) is 22.4 Å². The zero-order valence-corrected chi connectivity index (χ0v) is 15.1. The van der Waals surface area contributed by atoms with Crippen molar-refractivity contribution in [2.24, 2.45) is 5.41 Å². The van der Waals surface area contributed by atoms with Crippen molar-refractivity contribution in [3.05, 3.63) is 64.2 Å². The number of nitrogens with one attached hydrogen (secondary N) is 1. The molecule has 0 saturated carbocycles. The number of benzene rings is 2. The number of rotatable bonds is 2. The van der Waals surface area contributed by atoms with Gasteiger partial charge in [0, 0.05) is 28.6 Å². The molecule has 0 spiro atoms. The van der Waals surface area contributed by atoms with E-state index < -0.39 is 0 Å². The normalized spacial score (nSPS) is 21.5. The third-order valence-corrected chi connectivity index (χ3v) is 4.95. The first-order valence-corrected chi connectivity index (χ1v) is 8.46. The minimum Gasteiger partial charge on any atom is -0.457 e. The van der Waals surface area contributed by atoms with Crippen LogP contribution in [0.1, 0.15) is 49.6 Å². The lowest BCUT2D eigenvalue weighted by Gasteiger charge is -2.46. The predicted octanol–water partition coefficient (Wildman–Crippen LogP) is 5.45. The maximum absolute atomic E-state index is 11.7. The molecule has 0 saturated heterocycles. The van der Waals surface area contributed by atoms with Crippen LogP contribution in [0.4, 0.5) is 5.69 Å². The van der Waals surface area contributed by atoms with Crippen molar-refractivity contribution in [3.8, 4) is 0 Å². The molecule has 0 bridgehead atoms. The molecule has 1 heterocycles. The monoisotopic (exact) mass is 343 g/mol. The van der Waals surface area contributed by atoms with Crippen LogP contribution in [-0.4, -0.2) is 5.97 Å². The summed E-state index contributed by atoms with van der Waals surface area (Å²) in [5.41, 5.74) is 3.98. The molecule has 24 heavy (non-hydrogen) atoms.